The van der Waals surface area contributed by atoms with Crippen LogP contribution in [0.15, 0.2) is 66.0 Å². The maximum absolute atomic E-state index is 12.9. The predicted octanol–water partition coefficient (Wildman–Crippen LogP) is 4.81. The van der Waals surface area contributed by atoms with Crippen LogP contribution >= 0.6 is 0 Å². The van der Waals surface area contributed by atoms with E-state index in [0.29, 0.717) is 17.6 Å². The highest BCUT2D eigenvalue weighted by Gasteiger charge is 2.57. The number of rotatable bonds is 7. The molecule has 2 fully saturated rings. The summed E-state index contributed by atoms with van der Waals surface area (Å²) in [6.45, 7) is 10.4. The lowest BCUT2D eigenvalue weighted by molar-refractivity contribution is -0.145. The highest BCUT2D eigenvalue weighted by atomic mass is 16.6. The van der Waals surface area contributed by atoms with E-state index in [-0.39, 0.29) is 41.8 Å². The Labute approximate surface area is 231 Å². The molecule has 0 saturated heterocycles. The molecule has 7 nitrogen and oxygen atoms in total. The number of aliphatic hydroxyl groups excluding tert-OH is 2. The second kappa shape index (κ2) is 11.1. The maximum Gasteiger partial charge on any atom is 0.343 e. The van der Waals surface area contributed by atoms with Crippen molar-refractivity contribution in [3.63, 3.8) is 0 Å². The summed E-state index contributed by atoms with van der Waals surface area (Å²) in [6.07, 6.45) is 7.88. The fraction of sp³-hybridized carbons (Fsp3) is 0.500. The van der Waals surface area contributed by atoms with Gasteiger partial charge in [0.25, 0.3) is 0 Å². The van der Waals surface area contributed by atoms with E-state index in [0.717, 1.165) is 30.5 Å². The third-order valence-electron chi connectivity index (χ3n) is 9.15. The molecule has 1 aromatic rings. The van der Waals surface area contributed by atoms with Gasteiger partial charge < -0.3 is 24.6 Å². The minimum Gasteiger partial charge on any atom is -0.462 e. The van der Waals surface area contributed by atoms with E-state index in [1.807, 2.05) is 56.3 Å². The largest absolute Gasteiger partial charge is 0.462 e. The monoisotopic (exact) mass is 535 g/mol. The average molecular weight is 536 g/mol. The van der Waals surface area contributed by atoms with E-state index < -0.39 is 23.5 Å². The first-order chi connectivity index (χ1) is 18.5. The summed E-state index contributed by atoms with van der Waals surface area (Å²) >= 11 is 0. The van der Waals surface area contributed by atoms with Gasteiger partial charge in [-0.1, -0.05) is 50.3 Å². The molecule has 2 N–H and O–H groups in total. The van der Waals surface area contributed by atoms with Crippen LogP contribution in [0.5, 0.6) is 0 Å². The third-order valence-corrected chi connectivity index (χ3v) is 9.15. The Bertz CT molecular complexity index is 1230. The van der Waals surface area contributed by atoms with Crippen molar-refractivity contribution in [1.82, 2.24) is 0 Å². The molecule has 1 heterocycles. The number of allylic oxidation sites excluding steroid dienone is 3. The van der Waals surface area contributed by atoms with Gasteiger partial charge in [0.05, 0.1) is 24.9 Å². The van der Waals surface area contributed by atoms with Crippen molar-refractivity contribution in [3.05, 3.63) is 71.5 Å². The summed E-state index contributed by atoms with van der Waals surface area (Å²) in [5, 5.41) is 21.0. The number of benzene rings is 1. The fourth-order valence-electron chi connectivity index (χ4n) is 6.81. The van der Waals surface area contributed by atoms with Gasteiger partial charge in [0.15, 0.2) is 0 Å². The minimum absolute atomic E-state index is 0.0283. The molecule has 2 saturated carbocycles. The fourth-order valence-corrected chi connectivity index (χ4v) is 6.81. The van der Waals surface area contributed by atoms with Crippen LogP contribution in [0.1, 0.15) is 52.0 Å². The van der Waals surface area contributed by atoms with Crippen LogP contribution in [0, 0.1) is 22.7 Å². The molecule has 3 aliphatic rings. The third kappa shape index (κ3) is 5.22. The van der Waals surface area contributed by atoms with Crippen molar-refractivity contribution in [2.45, 2.75) is 52.6 Å². The number of esters is 2. The van der Waals surface area contributed by atoms with Gasteiger partial charge in [-0.2, -0.15) is 0 Å². The Hall–Kier alpha value is -3.16. The molecular weight excluding hydrogens is 494 g/mol. The number of anilines is 1. The predicted molar refractivity (Wildman–Crippen MR) is 152 cm³/mol. The molecular formula is C32H41NO6. The first-order valence-electron chi connectivity index (χ1n) is 13.7. The van der Waals surface area contributed by atoms with Gasteiger partial charge in [-0.05, 0) is 67.7 Å². The number of fused-ring (bicyclic) bond motifs is 1. The van der Waals surface area contributed by atoms with Gasteiger partial charge in [0.2, 0.25) is 0 Å². The molecule has 5 atom stereocenters. The van der Waals surface area contributed by atoms with Crippen molar-refractivity contribution in [3.8, 4) is 0 Å². The van der Waals surface area contributed by atoms with Crippen LogP contribution < -0.4 is 4.90 Å². The van der Waals surface area contributed by atoms with Crippen molar-refractivity contribution in [2.75, 3.05) is 32.2 Å². The summed E-state index contributed by atoms with van der Waals surface area (Å²) in [5.41, 5.74) is 2.40. The van der Waals surface area contributed by atoms with Crippen molar-refractivity contribution < 1.29 is 29.3 Å². The summed E-state index contributed by atoms with van der Waals surface area (Å²) in [7, 11) is 3.87. The lowest BCUT2D eigenvalue weighted by atomic mass is 9.46. The van der Waals surface area contributed by atoms with E-state index in [2.05, 4.69) is 13.5 Å². The van der Waals surface area contributed by atoms with Gasteiger partial charge >= 0.3 is 11.9 Å². The van der Waals surface area contributed by atoms with Crippen LogP contribution in [-0.2, 0) is 19.1 Å². The zero-order valence-electron chi connectivity index (χ0n) is 23.7. The lowest BCUT2D eigenvalue weighted by Crippen LogP contribution is -2.57. The Kier molecular flexibility index (Phi) is 8.24. The van der Waals surface area contributed by atoms with Crippen molar-refractivity contribution in [1.29, 1.82) is 0 Å². The summed E-state index contributed by atoms with van der Waals surface area (Å²) in [4.78, 5) is 27.8. The van der Waals surface area contributed by atoms with E-state index in [1.54, 1.807) is 19.1 Å². The van der Waals surface area contributed by atoms with E-state index in [1.165, 1.54) is 0 Å². The molecule has 0 radical (unpaired) electrons. The van der Waals surface area contributed by atoms with Gasteiger partial charge in [0.1, 0.15) is 11.3 Å². The van der Waals surface area contributed by atoms with Crippen LogP contribution in [0.2, 0.25) is 0 Å². The number of carbonyl (C=O) groups is 2. The quantitative estimate of drug-likeness (QED) is 0.294. The Balaban J connectivity index is 1.69. The van der Waals surface area contributed by atoms with Crippen LogP contribution in [0.4, 0.5) is 5.69 Å². The van der Waals surface area contributed by atoms with Gasteiger partial charge in [-0.3, -0.25) is 0 Å². The summed E-state index contributed by atoms with van der Waals surface area (Å²) in [5.74, 6) is -0.843. The van der Waals surface area contributed by atoms with Crippen molar-refractivity contribution in [2.24, 2.45) is 22.7 Å². The molecule has 4 rings (SSSR count). The highest BCUT2D eigenvalue weighted by molar-refractivity contribution is 6.19. The second-order valence-electron chi connectivity index (χ2n) is 11.7. The number of nitrogens with zero attached hydrogens (tertiary/aromatic N) is 1. The molecule has 2 aliphatic carbocycles. The second-order valence-corrected chi connectivity index (χ2v) is 11.7. The normalized spacial score (nSPS) is 32.0. The Morgan fingerprint density at radius 3 is 2.54 bits per heavy atom. The van der Waals surface area contributed by atoms with Crippen LogP contribution in [-0.4, -0.2) is 55.6 Å². The number of carbonyl (C=O) groups excluding carboxylic acids is 2. The number of aliphatic hydroxyl groups is 2. The van der Waals surface area contributed by atoms with Gasteiger partial charge in [0, 0.05) is 31.1 Å². The first kappa shape index (κ1) is 28.8. The smallest absolute Gasteiger partial charge is 0.343 e. The molecule has 1 aromatic carbocycles. The number of cyclic esters (lactones) is 1. The molecule has 0 aromatic heterocycles. The Morgan fingerprint density at radius 1 is 1.23 bits per heavy atom. The highest BCUT2D eigenvalue weighted by Crippen LogP contribution is 2.61. The maximum atomic E-state index is 12.9. The molecule has 210 valence electrons. The van der Waals surface area contributed by atoms with E-state index in [4.69, 9.17) is 9.47 Å². The zero-order valence-corrected chi connectivity index (χ0v) is 23.7. The van der Waals surface area contributed by atoms with E-state index >= 15 is 0 Å². The number of ether oxygens (including phenoxy) is 2. The number of hydrogen-bond donors (Lipinski definition) is 2. The van der Waals surface area contributed by atoms with E-state index in [9.17, 15) is 19.8 Å². The summed E-state index contributed by atoms with van der Waals surface area (Å²) in [6, 6.07) is 7.41. The van der Waals surface area contributed by atoms with Crippen molar-refractivity contribution >= 4 is 23.2 Å². The average Bonchev–Trinajstić information content (AvgIpc) is 3.26. The molecule has 7 heteroatoms. The SMILES string of the molecule is C=C1CCC2[C@](C)(CC[C@@H](O)[C@@]2(C)CO)C1C=CC1=CC(=C(C(=O)OCC)c2ccc(N(C)C)cc2)OC1=O. The standard InChI is InChI=1S/C32H41NO6/c1-7-38-30(37)28(21-9-12-23(13-10-21)33(5)6)25-18-22(29(36)39-25)11-14-24-20(2)8-15-26-31(24,3)17-16-27(35)32(26,4)19-34/h9-14,18,24,26-27,34-35H,2,7-8,15-17,19H2,1,3-6H3/t24?,26?,27-,31-,32+/m1/s1. The van der Waals surface area contributed by atoms with Gasteiger partial charge in [-0.25, -0.2) is 9.59 Å². The molecule has 2 unspecified atom stereocenters. The topological polar surface area (TPSA) is 96.3 Å². The minimum atomic E-state index is -0.585. The Morgan fingerprint density at radius 2 is 1.92 bits per heavy atom. The molecule has 39 heavy (non-hydrogen) atoms. The van der Waals surface area contributed by atoms with Crippen LogP contribution in [0.3, 0.4) is 0 Å². The first-order valence-corrected chi connectivity index (χ1v) is 13.7. The molecule has 0 amide bonds. The zero-order chi connectivity index (χ0) is 28.5. The van der Waals surface area contributed by atoms with Gasteiger partial charge in [-0.15, -0.1) is 0 Å². The lowest BCUT2D eigenvalue weighted by Gasteiger charge is -2.59. The molecule has 0 bridgehead atoms. The molecule has 0 spiro atoms. The molecule has 1 aliphatic heterocycles. The van der Waals surface area contributed by atoms with Crippen LogP contribution in [0.25, 0.3) is 5.57 Å². The summed E-state index contributed by atoms with van der Waals surface area (Å²) < 4.78 is 10.9. The number of hydrogen-bond acceptors (Lipinski definition) is 7.